The van der Waals surface area contributed by atoms with Crippen LogP contribution in [0, 0.1) is 0 Å². The van der Waals surface area contributed by atoms with E-state index in [9.17, 15) is 0 Å². The van der Waals surface area contributed by atoms with Crippen LogP contribution in [0.5, 0.6) is 0 Å². The van der Waals surface area contributed by atoms with Crippen molar-refractivity contribution in [3.8, 4) is 33.4 Å². The fourth-order valence-electron chi connectivity index (χ4n) is 6.04. The predicted molar refractivity (Wildman–Crippen MR) is 180 cm³/mol. The molecule has 0 saturated carbocycles. The third-order valence-corrected chi connectivity index (χ3v) is 9.26. The number of hydrogen-bond donors (Lipinski definition) is 1. The zero-order chi connectivity index (χ0) is 27.9. The van der Waals surface area contributed by atoms with Crippen LogP contribution < -0.4 is 10.2 Å². The summed E-state index contributed by atoms with van der Waals surface area (Å²) < 4.78 is 1.31. The van der Waals surface area contributed by atoms with Gasteiger partial charge in [0, 0.05) is 48.8 Å². The van der Waals surface area contributed by atoms with E-state index in [0.717, 1.165) is 23.6 Å². The molecule has 200 valence electrons. The third kappa shape index (κ3) is 4.36. The first-order valence-electron chi connectivity index (χ1n) is 14.3. The van der Waals surface area contributed by atoms with E-state index in [1.807, 2.05) is 11.3 Å². The number of nitrogens with one attached hydrogen (secondary N) is 1. The van der Waals surface area contributed by atoms with Gasteiger partial charge in [-0.15, -0.1) is 11.3 Å². The van der Waals surface area contributed by atoms with E-state index < -0.39 is 0 Å². The normalized spacial score (nSPS) is 11.9. The Balaban J connectivity index is 1.16. The summed E-state index contributed by atoms with van der Waals surface area (Å²) in [6, 6.07) is 54.5. The Hall–Kier alpha value is -5.12. The number of fused-ring (bicyclic) bond motifs is 5. The molecule has 8 rings (SSSR count). The van der Waals surface area contributed by atoms with Crippen LogP contribution in [0.2, 0.25) is 0 Å². The fraction of sp³-hybridized carbons (Fsp3) is 0.0256. The number of anilines is 4. The van der Waals surface area contributed by atoms with Gasteiger partial charge in [0.15, 0.2) is 0 Å². The zero-order valence-corrected chi connectivity index (χ0v) is 23.8. The molecule has 1 aliphatic rings. The molecule has 0 radical (unpaired) electrons. The topological polar surface area (TPSA) is 15.3 Å². The fourth-order valence-corrected chi connectivity index (χ4v) is 7.23. The summed E-state index contributed by atoms with van der Waals surface area (Å²) in [6.45, 7) is 0.872. The highest BCUT2D eigenvalue weighted by Gasteiger charge is 2.22. The molecule has 2 heterocycles. The van der Waals surface area contributed by atoms with E-state index in [2.05, 4.69) is 162 Å². The molecule has 42 heavy (non-hydrogen) atoms. The van der Waals surface area contributed by atoms with Crippen LogP contribution in [0.3, 0.4) is 0 Å². The summed E-state index contributed by atoms with van der Waals surface area (Å²) in [6.07, 6.45) is 0. The van der Waals surface area contributed by atoms with Crippen molar-refractivity contribution < 1.29 is 0 Å². The molecule has 6 aromatic carbocycles. The van der Waals surface area contributed by atoms with Crippen molar-refractivity contribution in [2.75, 3.05) is 10.2 Å². The van der Waals surface area contributed by atoms with Crippen LogP contribution in [-0.2, 0) is 6.54 Å². The minimum Gasteiger partial charge on any atom is -0.380 e. The van der Waals surface area contributed by atoms with Crippen molar-refractivity contribution in [1.29, 1.82) is 0 Å². The highest BCUT2D eigenvalue weighted by molar-refractivity contribution is 7.19. The minimum absolute atomic E-state index is 0.872. The standard InChI is InChI=1S/C39H28N2S/c1-3-9-27(10-4-1)28-15-17-29(18-16-28)30-19-21-32(22-20-30)41(31-11-5-2-6-12-31)33-23-24-35-37(25-33)42-38-26-40-36-14-8-7-13-34(36)39(35)38/h1-25,40H,26H2. The van der Waals surface area contributed by atoms with Crippen molar-refractivity contribution in [3.05, 3.63) is 157 Å². The summed E-state index contributed by atoms with van der Waals surface area (Å²) >= 11 is 1.90. The molecule has 0 saturated heterocycles. The maximum atomic E-state index is 3.60. The van der Waals surface area contributed by atoms with Gasteiger partial charge in [0.2, 0.25) is 0 Å². The number of hydrogen-bond acceptors (Lipinski definition) is 3. The van der Waals surface area contributed by atoms with Crippen LogP contribution in [0.4, 0.5) is 22.7 Å². The van der Waals surface area contributed by atoms with Gasteiger partial charge in [0.1, 0.15) is 0 Å². The van der Waals surface area contributed by atoms with Gasteiger partial charge in [-0.2, -0.15) is 0 Å². The molecule has 0 fully saturated rings. The quantitative estimate of drug-likeness (QED) is 0.227. The molecule has 0 bridgehead atoms. The lowest BCUT2D eigenvalue weighted by Crippen LogP contribution is -2.09. The molecule has 0 spiro atoms. The molecule has 0 unspecified atom stereocenters. The Kier molecular flexibility index (Phi) is 6.09. The van der Waals surface area contributed by atoms with E-state index in [-0.39, 0.29) is 0 Å². The highest BCUT2D eigenvalue weighted by atomic mass is 32.1. The average molecular weight is 557 g/mol. The third-order valence-electron chi connectivity index (χ3n) is 8.11. The monoisotopic (exact) mass is 556 g/mol. The molecular weight excluding hydrogens is 529 g/mol. The number of rotatable bonds is 5. The van der Waals surface area contributed by atoms with Crippen molar-refractivity contribution in [1.82, 2.24) is 0 Å². The predicted octanol–water partition coefficient (Wildman–Crippen LogP) is 11.3. The molecule has 2 nitrogen and oxygen atoms in total. The largest absolute Gasteiger partial charge is 0.380 e. The van der Waals surface area contributed by atoms with E-state index in [1.54, 1.807) is 0 Å². The van der Waals surface area contributed by atoms with Gasteiger partial charge in [-0.25, -0.2) is 0 Å². The number of nitrogens with zero attached hydrogens (tertiary/aromatic N) is 1. The highest BCUT2D eigenvalue weighted by Crippen LogP contribution is 2.47. The van der Waals surface area contributed by atoms with Gasteiger partial charge in [0.25, 0.3) is 0 Å². The molecule has 1 aliphatic heterocycles. The molecule has 7 aromatic rings. The van der Waals surface area contributed by atoms with Crippen molar-refractivity contribution in [3.63, 3.8) is 0 Å². The summed E-state index contributed by atoms with van der Waals surface area (Å²) in [5.41, 5.74) is 12.2. The number of thiophene rings is 1. The summed E-state index contributed by atoms with van der Waals surface area (Å²) in [4.78, 5) is 3.75. The van der Waals surface area contributed by atoms with Gasteiger partial charge in [-0.3, -0.25) is 0 Å². The van der Waals surface area contributed by atoms with Gasteiger partial charge in [-0.05, 0) is 64.7 Å². The maximum absolute atomic E-state index is 3.60. The minimum atomic E-state index is 0.872. The molecule has 0 atom stereocenters. The van der Waals surface area contributed by atoms with Gasteiger partial charge in [0.05, 0.1) is 6.54 Å². The van der Waals surface area contributed by atoms with Gasteiger partial charge in [-0.1, -0.05) is 109 Å². The van der Waals surface area contributed by atoms with E-state index >= 15 is 0 Å². The van der Waals surface area contributed by atoms with Crippen LogP contribution in [0.1, 0.15) is 4.88 Å². The lowest BCUT2D eigenvalue weighted by Gasteiger charge is -2.26. The van der Waals surface area contributed by atoms with Crippen molar-refractivity contribution in [2.24, 2.45) is 0 Å². The second kappa shape index (κ2) is 10.4. The van der Waals surface area contributed by atoms with Crippen LogP contribution in [-0.4, -0.2) is 0 Å². The first kappa shape index (κ1) is 24.7. The van der Waals surface area contributed by atoms with Crippen LogP contribution in [0.25, 0.3) is 43.5 Å². The van der Waals surface area contributed by atoms with Gasteiger partial charge >= 0.3 is 0 Å². The first-order chi connectivity index (χ1) is 20.8. The van der Waals surface area contributed by atoms with E-state index in [4.69, 9.17) is 0 Å². The van der Waals surface area contributed by atoms with Crippen molar-refractivity contribution in [2.45, 2.75) is 6.54 Å². The molecule has 3 heteroatoms. The first-order valence-corrected chi connectivity index (χ1v) is 15.1. The summed E-state index contributed by atoms with van der Waals surface area (Å²) in [5.74, 6) is 0. The van der Waals surface area contributed by atoms with E-state index in [0.29, 0.717) is 0 Å². The van der Waals surface area contributed by atoms with Crippen molar-refractivity contribution >= 4 is 44.2 Å². The Morgan fingerprint density at radius 1 is 0.500 bits per heavy atom. The molecular formula is C39H28N2S. The Bertz CT molecular complexity index is 2010. The Morgan fingerprint density at radius 2 is 1.05 bits per heavy atom. The van der Waals surface area contributed by atoms with Crippen LogP contribution >= 0.6 is 11.3 Å². The molecule has 0 amide bonds. The molecule has 0 aliphatic carbocycles. The zero-order valence-electron chi connectivity index (χ0n) is 23.0. The molecule has 1 aromatic heterocycles. The van der Waals surface area contributed by atoms with Gasteiger partial charge < -0.3 is 10.2 Å². The van der Waals surface area contributed by atoms with Crippen LogP contribution in [0.15, 0.2) is 152 Å². The lowest BCUT2D eigenvalue weighted by molar-refractivity contribution is 1.17. The van der Waals surface area contributed by atoms with E-state index in [1.165, 1.54) is 54.0 Å². The SMILES string of the molecule is c1ccc(-c2ccc(-c3ccc(N(c4ccccc4)c4ccc5c6c(sc5c4)CNc4ccccc4-6)cc3)cc2)cc1. The smallest absolute Gasteiger partial charge is 0.0501 e. The second-order valence-electron chi connectivity index (χ2n) is 10.6. The summed E-state index contributed by atoms with van der Waals surface area (Å²) in [5, 5.41) is 4.93. The number of para-hydroxylation sites is 2. The Morgan fingerprint density at radius 3 is 1.76 bits per heavy atom. The average Bonchev–Trinajstić information content (AvgIpc) is 3.45. The second-order valence-corrected chi connectivity index (χ2v) is 11.8. The Labute approximate surface area is 250 Å². The lowest BCUT2D eigenvalue weighted by atomic mass is 9.97. The summed E-state index contributed by atoms with van der Waals surface area (Å²) in [7, 11) is 0. The molecule has 1 N–H and O–H groups in total. The maximum Gasteiger partial charge on any atom is 0.0501 e. The number of benzene rings is 6.